The monoisotopic (exact) mass is 402 g/mol. The van der Waals surface area contributed by atoms with E-state index >= 15 is 0 Å². The minimum absolute atomic E-state index is 0.179. The molecule has 1 aromatic heterocycles. The third-order valence-electron chi connectivity index (χ3n) is 4.60. The molecule has 0 saturated carbocycles. The van der Waals surface area contributed by atoms with E-state index in [0.717, 1.165) is 37.7 Å². The number of methoxy groups -OCH3 is 1. The van der Waals surface area contributed by atoms with Gasteiger partial charge in [0.1, 0.15) is 5.75 Å². The Morgan fingerprint density at radius 1 is 1.38 bits per heavy atom. The fraction of sp³-hybridized carbons (Fsp3) is 0.471. The molecular formula is C17H18BrF3N2O. The van der Waals surface area contributed by atoms with Crippen LogP contribution in [0, 0.1) is 5.92 Å². The molecule has 0 N–H and O–H groups in total. The van der Waals surface area contributed by atoms with Gasteiger partial charge in [0.25, 0.3) is 0 Å². The van der Waals surface area contributed by atoms with E-state index in [9.17, 15) is 13.2 Å². The molecule has 0 radical (unpaired) electrons. The summed E-state index contributed by atoms with van der Waals surface area (Å²) in [4.78, 5) is 6.55. The van der Waals surface area contributed by atoms with E-state index in [1.165, 1.54) is 7.11 Å². The van der Waals surface area contributed by atoms with Gasteiger partial charge in [-0.25, -0.2) is 0 Å². The Morgan fingerprint density at radius 3 is 2.71 bits per heavy atom. The molecule has 3 nitrogen and oxygen atoms in total. The average Bonchev–Trinajstić information content (AvgIpc) is 3.02. The van der Waals surface area contributed by atoms with Gasteiger partial charge in [0.2, 0.25) is 0 Å². The van der Waals surface area contributed by atoms with Crippen LogP contribution >= 0.6 is 15.9 Å². The molecule has 1 atom stereocenters. The summed E-state index contributed by atoms with van der Waals surface area (Å²) >= 11 is 3.20. The standard InChI is InChI=1S/C17H18BrF3N2O/c1-3-10-4-5-23(9-10)11-6-12-15(22-8-11)14(18)7-13(16(12)24-2)17(19,20)21/h6-8,10H,3-5,9H2,1-2H3/t10-/m0/s1. The molecule has 0 unspecified atom stereocenters. The van der Waals surface area contributed by atoms with Crippen LogP contribution in [0.5, 0.6) is 5.75 Å². The number of hydrogen-bond donors (Lipinski definition) is 0. The Balaban J connectivity index is 2.14. The van der Waals surface area contributed by atoms with E-state index in [2.05, 4.69) is 32.7 Å². The number of pyridine rings is 1. The minimum atomic E-state index is -4.49. The first-order chi connectivity index (χ1) is 11.3. The van der Waals surface area contributed by atoms with Gasteiger partial charge in [0.15, 0.2) is 0 Å². The number of halogens is 4. The zero-order chi connectivity index (χ0) is 17.5. The van der Waals surface area contributed by atoms with Crippen LogP contribution in [0.15, 0.2) is 22.8 Å². The number of hydrogen-bond acceptors (Lipinski definition) is 3. The van der Waals surface area contributed by atoms with E-state index in [0.29, 0.717) is 21.3 Å². The van der Waals surface area contributed by atoms with Gasteiger partial charge < -0.3 is 9.64 Å². The Kier molecular flexibility index (Phi) is 4.64. The molecule has 7 heteroatoms. The maximum Gasteiger partial charge on any atom is 0.420 e. The van der Waals surface area contributed by atoms with Gasteiger partial charge in [0.05, 0.1) is 30.1 Å². The van der Waals surface area contributed by atoms with Crippen molar-refractivity contribution in [3.63, 3.8) is 0 Å². The number of aromatic nitrogens is 1. The molecule has 1 saturated heterocycles. The van der Waals surface area contributed by atoms with Gasteiger partial charge in [-0.3, -0.25) is 4.98 Å². The van der Waals surface area contributed by atoms with Crippen molar-refractivity contribution in [1.82, 2.24) is 4.98 Å². The van der Waals surface area contributed by atoms with E-state index in [1.54, 1.807) is 12.3 Å². The van der Waals surface area contributed by atoms with E-state index in [4.69, 9.17) is 4.74 Å². The summed E-state index contributed by atoms with van der Waals surface area (Å²) in [5.74, 6) is 0.442. The van der Waals surface area contributed by atoms with Gasteiger partial charge >= 0.3 is 6.18 Å². The van der Waals surface area contributed by atoms with Crippen molar-refractivity contribution >= 4 is 32.5 Å². The van der Waals surface area contributed by atoms with E-state index in [1.807, 2.05) is 0 Å². The second-order valence-electron chi connectivity index (χ2n) is 6.04. The zero-order valence-corrected chi connectivity index (χ0v) is 15.0. The number of benzene rings is 1. The molecule has 24 heavy (non-hydrogen) atoms. The third kappa shape index (κ3) is 3.06. The van der Waals surface area contributed by atoms with Gasteiger partial charge in [-0.15, -0.1) is 0 Å². The molecule has 1 fully saturated rings. The van der Waals surface area contributed by atoms with Crippen molar-refractivity contribution in [2.75, 3.05) is 25.1 Å². The van der Waals surface area contributed by atoms with Crippen LogP contribution in [0.25, 0.3) is 10.9 Å². The molecule has 2 heterocycles. The molecule has 0 amide bonds. The Labute approximate surface area is 146 Å². The number of fused-ring (bicyclic) bond motifs is 1. The Morgan fingerprint density at radius 2 is 2.12 bits per heavy atom. The third-order valence-corrected chi connectivity index (χ3v) is 5.20. The second-order valence-corrected chi connectivity index (χ2v) is 6.89. The van der Waals surface area contributed by atoms with Crippen molar-refractivity contribution in [1.29, 1.82) is 0 Å². The van der Waals surface area contributed by atoms with Crippen molar-refractivity contribution in [2.24, 2.45) is 5.92 Å². The summed E-state index contributed by atoms with van der Waals surface area (Å²) in [7, 11) is 1.26. The molecule has 3 rings (SSSR count). The van der Waals surface area contributed by atoms with Crippen LogP contribution in [-0.2, 0) is 6.18 Å². The smallest absolute Gasteiger partial charge is 0.420 e. The maximum atomic E-state index is 13.3. The van der Waals surface area contributed by atoms with Crippen LogP contribution in [0.3, 0.4) is 0 Å². The van der Waals surface area contributed by atoms with Gasteiger partial charge in [-0.2, -0.15) is 13.2 Å². The normalized spacial score (nSPS) is 18.4. The zero-order valence-electron chi connectivity index (χ0n) is 13.5. The summed E-state index contributed by atoms with van der Waals surface area (Å²) in [6, 6.07) is 2.77. The lowest BCUT2D eigenvalue weighted by atomic mass is 10.1. The fourth-order valence-electron chi connectivity index (χ4n) is 3.23. The summed E-state index contributed by atoms with van der Waals surface area (Å²) in [5.41, 5.74) is 0.508. The van der Waals surface area contributed by atoms with Crippen molar-refractivity contribution in [3.8, 4) is 5.75 Å². The maximum absolute atomic E-state index is 13.3. The minimum Gasteiger partial charge on any atom is -0.495 e. The molecule has 1 aromatic carbocycles. The number of rotatable bonds is 3. The van der Waals surface area contributed by atoms with Crippen LogP contribution < -0.4 is 9.64 Å². The molecule has 0 bridgehead atoms. The first-order valence-corrected chi connectivity index (χ1v) is 8.62. The van der Waals surface area contributed by atoms with Crippen molar-refractivity contribution < 1.29 is 17.9 Å². The fourth-order valence-corrected chi connectivity index (χ4v) is 3.77. The molecular weight excluding hydrogens is 385 g/mol. The van der Waals surface area contributed by atoms with Gasteiger partial charge in [0, 0.05) is 22.9 Å². The number of nitrogens with zero attached hydrogens (tertiary/aromatic N) is 2. The van der Waals surface area contributed by atoms with Crippen LogP contribution in [0.4, 0.5) is 18.9 Å². The summed E-state index contributed by atoms with van der Waals surface area (Å²) in [6.45, 7) is 3.96. The lowest BCUT2D eigenvalue weighted by Gasteiger charge is -2.20. The molecule has 1 aliphatic rings. The lowest BCUT2D eigenvalue weighted by Crippen LogP contribution is -2.19. The largest absolute Gasteiger partial charge is 0.495 e. The summed E-state index contributed by atoms with van der Waals surface area (Å²) < 4.78 is 45.3. The predicted octanol–water partition coefficient (Wildman–Crippen LogP) is 5.26. The molecule has 2 aromatic rings. The number of alkyl halides is 3. The number of ether oxygens (including phenoxy) is 1. The lowest BCUT2D eigenvalue weighted by molar-refractivity contribution is -0.138. The first kappa shape index (κ1) is 17.3. The highest BCUT2D eigenvalue weighted by Gasteiger charge is 2.36. The first-order valence-electron chi connectivity index (χ1n) is 7.83. The van der Waals surface area contributed by atoms with Crippen LogP contribution in [0.1, 0.15) is 25.3 Å². The Hall–Kier alpha value is -1.50. The van der Waals surface area contributed by atoms with E-state index < -0.39 is 11.7 Å². The number of anilines is 1. The quantitative estimate of drug-likeness (QED) is 0.699. The van der Waals surface area contributed by atoms with Crippen LogP contribution in [0.2, 0.25) is 0 Å². The highest BCUT2D eigenvalue weighted by molar-refractivity contribution is 9.10. The predicted molar refractivity (Wildman–Crippen MR) is 91.6 cm³/mol. The highest BCUT2D eigenvalue weighted by Crippen LogP contribution is 2.43. The van der Waals surface area contributed by atoms with E-state index in [-0.39, 0.29) is 5.75 Å². The Bertz CT molecular complexity index is 764. The van der Waals surface area contributed by atoms with Gasteiger partial charge in [-0.05, 0) is 40.4 Å². The van der Waals surface area contributed by atoms with Crippen LogP contribution in [-0.4, -0.2) is 25.2 Å². The second kappa shape index (κ2) is 6.43. The highest BCUT2D eigenvalue weighted by atomic mass is 79.9. The topological polar surface area (TPSA) is 25.4 Å². The summed E-state index contributed by atoms with van der Waals surface area (Å²) in [5, 5.41) is 0.372. The molecule has 0 spiro atoms. The summed E-state index contributed by atoms with van der Waals surface area (Å²) in [6.07, 6.45) is -0.570. The average molecular weight is 403 g/mol. The van der Waals surface area contributed by atoms with Crippen molar-refractivity contribution in [2.45, 2.75) is 25.9 Å². The van der Waals surface area contributed by atoms with Gasteiger partial charge in [-0.1, -0.05) is 13.3 Å². The molecule has 1 aliphatic heterocycles. The molecule has 0 aliphatic carbocycles. The molecule has 130 valence electrons. The SMILES string of the molecule is CC[C@H]1CCN(c2cnc3c(Br)cc(C(F)(F)F)c(OC)c3c2)C1. The van der Waals surface area contributed by atoms with Crippen molar-refractivity contribution in [3.05, 3.63) is 28.4 Å².